The number of carboxylic acids is 1. The Kier molecular flexibility index (Phi) is 6.07. The Hall–Kier alpha value is -3.12. The van der Waals surface area contributed by atoms with Gasteiger partial charge in [0.1, 0.15) is 6.61 Å². The van der Waals surface area contributed by atoms with Crippen molar-refractivity contribution in [1.29, 1.82) is 0 Å². The number of amides is 1. The van der Waals surface area contributed by atoms with E-state index in [2.05, 4.69) is 50.4 Å². The molecular formula is C26H27NO4S. The van der Waals surface area contributed by atoms with E-state index in [1.54, 1.807) is 0 Å². The smallest absolute Gasteiger partial charge is 0.407 e. The second-order valence-corrected chi connectivity index (χ2v) is 10.2. The van der Waals surface area contributed by atoms with Crippen LogP contribution in [0.3, 0.4) is 0 Å². The molecule has 0 saturated heterocycles. The van der Waals surface area contributed by atoms with E-state index in [-0.39, 0.29) is 24.4 Å². The Balaban J connectivity index is 1.47. The first-order chi connectivity index (χ1) is 15.2. The quantitative estimate of drug-likeness (QED) is 0.477. The van der Waals surface area contributed by atoms with Crippen LogP contribution in [0.15, 0.2) is 60.7 Å². The summed E-state index contributed by atoms with van der Waals surface area (Å²) in [6, 6.07) is 19.5. The molecule has 0 saturated carbocycles. The Bertz CT molecular complexity index is 1100. The van der Waals surface area contributed by atoms with Crippen LogP contribution < -0.4 is 5.32 Å². The molecule has 5 nitrogen and oxygen atoms in total. The number of carboxylic acid groups (broad SMARTS) is 1. The molecule has 0 fully saturated rings. The van der Waals surface area contributed by atoms with Gasteiger partial charge in [0.25, 0.3) is 0 Å². The number of carbonyl (C=O) groups is 2. The first kappa shape index (κ1) is 22.1. The lowest BCUT2D eigenvalue weighted by atomic mass is 9.95. The van der Waals surface area contributed by atoms with Crippen LogP contribution in [0.25, 0.3) is 11.1 Å². The SMILES string of the molecule is CC(C)(C)c1ccc([C@H](CC(=O)O)NC(=O)OCC2c3ccccc3-c3ccccc32)s1. The lowest BCUT2D eigenvalue weighted by molar-refractivity contribution is -0.137. The third-order valence-electron chi connectivity index (χ3n) is 5.72. The van der Waals surface area contributed by atoms with E-state index in [9.17, 15) is 14.7 Å². The van der Waals surface area contributed by atoms with Gasteiger partial charge in [-0.25, -0.2) is 4.79 Å². The number of alkyl carbamates (subject to hydrolysis) is 1. The average molecular weight is 450 g/mol. The molecule has 0 bridgehead atoms. The fourth-order valence-corrected chi connectivity index (χ4v) is 5.24. The van der Waals surface area contributed by atoms with Crippen molar-refractivity contribution in [3.05, 3.63) is 81.5 Å². The molecule has 0 radical (unpaired) electrons. The van der Waals surface area contributed by atoms with Crippen LogP contribution in [-0.2, 0) is 14.9 Å². The maximum absolute atomic E-state index is 12.7. The number of nitrogens with one attached hydrogen (secondary N) is 1. The minimum atomic E-state index is -0.973. The third-order valence-corrected chi connectivity index (χ3v) is 7.35. The number of thiophene rings is 1. The second kappa shape index (κ2) is 8.79. The highest BCUT2D eigenvalue weighted by Gasteiger charge is 2.30. The summed E-state index contributed by atoms with van der Waals surface area (Å²) < 4.78 is 5.61. The van der Waals surface area contributed by atoms with Crippen molar-refractivity contribution >= 4 is 23.4 Å². The summed E-state index contributed by atoms with van der Waals surface area (Å²) in [5, 5.41) is 12.1. The maximum Gasteiger partial charge on any atom is 0.407 e. The number of aliphatic carboxylic acids is 1. The van der Waals surface area contributed by atoms with Gasteiger partial charge in [-0.15, -0.1) is 11.3 Å². The molecule has 2 aromatic carbocycles. The molecule has 3 aromatic rings. The van der Waals surface area contributed by atoms with Gasteiger partial charge in [-0.1, -0.05) is 69.3 Å². The molecule has 0 aliphatic heterocycles. The van der Waals surface area contributed by atoms with Gasteiger partial charge in [-0.2, -0.15) is 0 Å². The van der Waals surface area contributed by atoms with Gasteiger partial charge in [0, 0.05) is 15.7 Å². The molecule has 32 heavy (non-hydrogen) atoms. The zero-order chi connectivity index (χ0) is 22.9. The minimum absolute atomic E-state index is 0.0412. The summed E-state index contributed by atoms with van der Waals surface area (Å²) in [5.41, 5.74) is 4.55. The monoisotopic (exact) mass is 449 g/mol. The topological polar surface area (TPSA) is 75.6 Å². The normalized spacial score (nSPS) is 13.8. The van der Waals surface area contributed by atoms with Crippen LogP contribution in [0.2, 0.25) is 0 Å². The Labute approximate surface area is 192 Å². The predicted octanol–water partition coefficient (Wildman–Crippen LogP) is 6.10. The summed E-state index contributed by atoms with van der Waals surface area (Å²) in [6.07, 6.45) is -0.808. The number of fused-ring (bicyclic) bond motifs is 3. The molecular weight excluding hydrogens is 422 g/mol. The van der Waals surface area contributed by atoms with Gasteiger partial charge in [0.15, 0.2) is 0 Å². The fraction of sp³-hybridized carbons (Fsp3) is 0.308. The predicted molar refractivity (Wildman–Crippen MR) is 126 cm³/mol. The van der Waals surface area contributed by atoms with Gasteiger partial charge in [0.2, 0.25) is 0 Å². The number of hydrogen-bond donors (Lipinski definition) is 2. The summed E-state index contributed by atoms with van der Waals surface area (Å²) in [7, 11) is 0. The van der Waals surface area contributed by atoms with Crippen LogP contribution in [0, 0.1) is 0 Å². The molecule has 4 rings (SSSR count). The Morgan fingerprint density at radius 1 is 1.00 bits per heavy atom. The van der Waals surface area contributed by atoms with E-state index in [1.807, 2.05) is 36.4 Å². The van der Waals surface area contributed by atoms with Gasteiger partial charge in [-0.05, 0) is 39.8 Å². The molecule has 1 amide bonds. The molecule has 1 aliphatic rings. The number of rotatable bonds is 6. The standard InChI is InChI=1S/C26H27NO4S/c1-26(2,3)23-13-12-22(32-23)21(14-24(28)29)27-25(30)31-15-20-18-10-6-4-8-16(18)17-9-5-7-11-19(17)20/h4-13,20-21H,14-15H2,1-3H3,(H,27,30)(H,28,29)/t21-/m0/s1. The number of carbonyl (C=O) groups excluding carboxylic acids is 1. The van der Waals surface area contributed by atoms with E-state index in [0.717, 1.165) is 32.0 Å². The zero-order valence-electron chi connectivity index (χ0n) is 18.4. The van der Waals surface area contributed by atoms with Crippen LogP contribution >= 0.6 is 11.3 Å². The van der Waals surface area contributed by atoms with Gasteiger partial charge in [0.05, 0.1) is 12.5 Å². The van der Waals surface area contributed by atoms with Crippen LogP contribution in [0.4, 0.5) is 4.79 Å². The van der Waals surface area contributed by atoms with Crippen LogP contribution in [-0.4, -0.2) is 23.8 Å². The summed E-state index contributed by atoms with van der Waals surface area (Å²) in [5.74, 6) is -1.01. The highest BCUT2D eigenvalue weighted by Crippen LogP contribution is 2.44. The van der Waals surface area contributed by atoms with E-state index < -0.39 is 18.1 Å². The van der Waals surface area contributed by atoms with Crippen LogP contribution in [0.1, 0.15) is 60.0 Å². The lowest BCUT2D eigenvalue weighted by Crippen LogP contribution is -2.31. The van der Waals surface area contributed by atoms with E-state index in [0.29, 0.717) is 0 Å². The van der Waals surface area contributed by atoms with E-state index in [4.69, 9.17) is 4.74 Å². The molecule has 0 unspecified atom stereocenters. The molecule has 2 N–H and O–H groups in total. The molecule has 1 atom stereocenters. The van der Waals surface area contributed by atoms with E-state index >= 15 is 0 Å². The Morgan fingerprint density at radius 2 is 1.59 bits per heavy atom. The van der Waals surface area contributed by atoms with E-state index in [1.165, 1.54) is 11.3 Å². The van der Waals surface area contributed by atoms with Crippen molar-refractivity contribution < 1.29 is 19.4 Å². The molecule has 1 aromatic heterocycles. The zero-order valence-corrected chi connectivity index (χ0v) is 19.2. The molecule has 6 heteroatoms. The summed E-state index contributed by atoms with van der Waals surface area (Å²) in [4.78, 5) is 26.0. The van der Waals surface area contributed by atoms with Crippen molar-refractivity contribution in [3.8, 4) is 11.1 Å². The largest absolute Gasteiger partial charge is 0.481 e. The number of hydrogen-bond acceptors (Lipinski definition) is 4. The highest BCUT2D eigenvalue weighted by atomic mass is 32.1. The van der Waals surface area contributed by atoms with Crippen molar-refractivity contribution in [1.82, 2.24) is 5.32 Å². The first-order valence-corrected chi connectivity index (χ1v) is 11.5. The molecule has 166 valence electrons. The van der Waals surface area contributed by atoms with Gasteiger partial charge in [-0.3, -0.25) is 4.79 Å². The number of ether oxygens (including phenoxy) is 1. The van der Waals surface area contributed by atoms with Crippen molar-refractivity contribution in [2.24, 2.45) is 0 Å². The Morgan fingerprint density at radius 3 is 2.12 bits per heavy atom. The highest BCUT2D eigenvalue weighted by molar-refractivity contribution is 7.12. The van der Waals surface area contributed by atoms with Crippen molar-refractivity contribution in [2.75, 3.05) is 6.61 Å². The van der Waals surface area contributed by atoms with Gasteiger partial charge < -0.3 is 15.2 Å². The van der Waals surface area contributed by atoms with Crippen molar-refractivity contribution in [3.63, 3.8) is 0 Å². The minimum Gasteiger partial charge on any atom is -0.481 e. The summed E-state index contributed by atoms with van der Waals surface area (Å²) >= 11 is 1.52. The average Bonchev–Trinajstić information content (AvgIpc) is 3.35. The van der Waals surface area contributed by atoms with Gasteiger partial charge >= 0.3 is 12.1 Å². The number of benzene rings is 2. The molecule has 0 spiro atoms. The third kappa shape index (κ3) is 4.55. The molecule has 1 aliphatic carbocycles. The fourth-order valence-electron chi connectivity index (χ4n) is 4.12. The van der Waals surface area contributed by atoms with Crippen molar-refractivity contribution in [2.45, 2.75) is 44.6 Å². The second-order valence-electron chi connectivity index (χ2n) is 9.07. The summed E-state index contributed by atoms with van der Waals surface area (Å²) in [6.45, 7) is 6.51. The maximum atomic E-state index is 12.7. The lowest BCUT2D eigenvalue weighted by Gasteiger charge is -2.19. The first-order valence-electron chi connectivity index (χ1n) is 10.7. The molecule has 1 heterocycles. The van der Waals surface area contributed by atoms with Crippen LogP contribution in [0.5, 0.6) is 0 Å².